The Morgan fingerprint density at radius 2 is 1.82 bits per heavy atom. The van der Waals surface area contributed by atoms with Crippen molar-refractivity contribution in [1.29, 1.82) is 5.26 Å². The molecule has 0 aliphatic carbocycles. The van der Waals surface area contributed by atoms with Gasteiger partial charge in [-0.05, 0) is 19.9 Å². The number of amides is 2. The van der Waals surface area contributed by atoms with Gasteiger partial charge in [-0.3, -0.25) is 19.7 Å². The van der Waals surface area contributed by atoms with E-state index in [-0.39, 0.29) is 40.6 Å². The minimum atomic E-state index is -0.598. The van der Waals surface area contributed by atoms with Crippen molar-refractivity contribution in [2.75, 3.05) is 13.1 Å². The minimum Gasteiger partial charge on any atom is -0.372 e. The maximum atomic E-state index is 13.2. The molecule has 172 valence electrons. The van der Waals surface area contributed by atoms with Gasteiger partial charge in [0, 0.05) is 41.9 Å². The van der Waals surface area contributed by atoms with Crippen molar-refractivity contribution in [3.05, 3.63) is 80.9 Å². The molecule has 2 unspecified atom stereocenters. The molecule has 2 atom stereocenters. The molecule has 2 aliphatic heterocycles. The number of nitro benzene ring substituents is 1. The summed E-state index contributed by atoms with van der Waals surface area (Å²) in [5.74, 6) is -0.894. The lowest BCUT2D eigenvalue weighted by molar-refractivity contribution is -0.384. The van der Waals surface area contributed by atoms with E-state index >= 15 is 0 Å². The third-order valence-electron chi connectivity index (χ3n) is 5.48. The number of nitrogens with one attached hydrogen (secondary N) is 1. The average molecular weight is 459 g/mol. The van der Waals surface area contributed by atoms with Gasteiger partial charge in [-0.15, -0.1) is 0 Å². The van der Waals surface area contributed by atoms with Crippen LogP contribution in [-0.4, -0.2) is 52.8 Å². The number of hydrogen-bond acceptors (Lipinski definition) is 7. The molecule has 10 nitrogen and oxygen atoms in total. The lowest BCUT2D eigenvalue weighted by Gasteiger charge is -2.35. The van der Waals surface area contributed by atoms with Gasteiger partial charge in [0.15, 0.2) is 0 Å². The number of hydrogen-bond donors (Lipinski definition) is 1. The number of morpholine rings is 1. The molecule has 1 fully saturated rings. The van der Waals surface area contributed by atoms with Crippen LogP contribution >= 0.6 is 0 Å². The fraction of sp³-hybridized carbons (Fsp3) is 0.250. The summed E-state index contributed by atoms with van der Waals surface area (Å²) in [5.41, 5.74) is 0.988. The zero-order valence-corrected chi connectivity index (χ0v) is 18.5. The van der Waals surface area contributed by atoms with Crippen molar-refractivity contribution in [2.45, 2.75) is 26.1 Å². The summed E-state index contributed by atoms with van der Waals surface area (Å²) in [6.07, 6.45) is -0.330. The van der Waals surface area contributed by atoms with Gasteiger partial charge in [-0.1, -0.05) is 30.3 Å². The Morgan fingerprint density at radius 1 is 1.15 bits per heavy atom. The van der Waals surface area contributed by atoms with E-state index in [1.807, 2.05) is 19.9 Å². The summed E-state index contributed by atoms with van der Waals surface area (Å²) < 4.78 is 5.68. The highest BCUT2D eigenvalue weighted by atomic mass is 16.6. The van der Waals surface area contributed by atoms with E-state index in [1.54, 1.807) is 29.2 Å². The van der Waals surface area contributed by atoms with E-state index in [0.717, 1.165) is 0 Å². The van der Waals surface area contributed by atoms with Crippen molar-refractivity contribution in [3.63, 3.8) is 0 Å². The molecule has 34 heavy (non-hydrogen) atoms. The number of non-ortho nitro benzene ring substituents is 1. The Bertz CT molecular complexity index is 1280. The maximum absolute atomic E-state index is 13.2. The topological polar surface area (TPSA) is 138 Å². The Hall–Kier alpha value is -4.36. The fourth-order valence-electron chi connectivity index (χ4n) is 4.06. The van der Waals surface area contributed by atoms with Gasteiger partial charge >= 0.3 is 0 Å². The Kier molecular flexibility index (Phi) is 6.21. The smallest absolute Gasteiger partial charge is 0.270 e. The van der Waals surface area contributed by atoms with Gasteiger partial charge in [0.25, 0.3) is 17.5 Å². The summed E-state index contributed by atoms with van der Waals surface area (Å²) in [5, 5.41) is 23.6. The second-order valence-corrected chi connectivity index (χ2v) is 8.07. The number of fused-ring (bicyclic) bond motifs is 1. The number of nitriles is 1. The molecule has 4 rings (SSSR count). The van der Waals surface area contributed by atoms with Crippen molar-refractivity contribution in [2.24, 2.45) is 4.99 Å². The molecule has 0 saturated carbocycles. The number of ether oxygens (including phenoxy) is 1. The van der Waals surface area contributed by atoms with Crippen molar-refractivity contribution in [3.8, 4) is 6.07 Å². The Labute approximate surface area is 195 Å². The molecule has 1 N–H and O–H groups in total. The van der Waals surface area contributed by atoms with E-state index in [9.17, 15) is 25.0 Å². The first-order valence-corrected chi connectivity index (χ1v) is 10.6. The molecule has 0 spiro atoms. The number of amidine groups is 1. The van der Waals surface area contributed by atoms with Crippen LogP contribution in [0.5, 0.6) is 0 Å². The summed E-state index contributed by atoms with van der Waals surface area (Å²) in [6, 6.07) is 14.2. The highest BCUT2D eigenvalue weighted by Crippen LogP contribution is 2.31. The van der Waals surface area contributed by atoms with Gasteiger partial charge < -0.3 is 15.0 Å². The number of carbonyl (C=O) groups excluding carboxylic acids is 2. The number of nitrogens with zero attached hydrogens (tertiary/aromatic N) is 4. The maximum Gasteiger partial charge on any atom is 0.270 e. The number of aliphatic imine (C=N–C) groups is 1. The first-order chi connectivity index (χ1) is 16.3. The van der Waals surface area contributed by atoms with Crippen LogP contribution in [0.15, 0.2) is 59.1 Å². The first kappa shape index (κ1) is 22.8. The second-order valence-electron chi connectivity index (χ2n) is 8.07. The van der Waals surface area contributed by atoms with Crippen LogP contribution in [0, 0.1) is 21.4 Å². The van der Waals surface area contributed by atoms with Gasteiger partial charge in [0.2, 0.25) is 0 Å². The van der Waals surface area contributed by atoms with Crippen molar-refractivity contribution < 1.29 is 19.2 Å². The lowest BCUT2D eigenvalue weighted by Crippen LogP contribution is -2.48. The molecule has 2 amide bonds. The van der Waals surface area contributed by atoms with E-state index in [1.165, 1.54) is 24.3 Å². The quantitative estimate of drug-likeness (QED) is 0.324. The monoisotopic (exact) mass is 459 g/mol. The van der Waals surface area contributed by atoms with Gasteiger partial charge in [0.1, 0.15) is 17.5 Å². The third-order valence-corrected chi connectivity index (χ3v) is 5.48. The number of carbonyl (C=O) groups is 2. The molecule has 0 radical (unpaired) electrons. The normalized spacial score (nSPS) is 20.6. The number of benzene rings is 2. The van der Waals surface area contributed by atoms with Crippen molar-refractivity contribution >= 4 is 29.0 Å². The summed E-state index contributed by atoms with van der Waals surface area (Å²) in [4.78, 5) is 42.5. The lowest BCUT2D eigenvalue weighted by atomic mass is 10.0. The Balaban J connectivity index is 1.69. The fourth-order valence-corrected chi connectivity index (χ4v) is 4.06. The van der Waals surface area contributed by atoms with Gasteiger partial charge in [0.05, 0.1) is 22.8 Å². The third kappa shape index (κ3) is 4.42. The van der Waals surface area contributed by atoms with Gasteiger partial charge in [-0.25, -0.2) is 4.99 Å². The van der Waals surface area contributed by atoms with Crippen LogP contribution in [0.2, 0.25) is 0 Å². The van der Waals surface area contributed by atoms with Crippen molar-refractivity contribution in [1.82, 2.24) is 10.2 Å². The Morgan fingerprint density at radius 3 is 2.47 bits per heavy atom. The summed E-state index contributed by atoms with van der Waals surface area (Å²) in [7, 11) is 0. The van der Waals surface area contributed by atoms with Crippen LogP contribution < -0.4 is 5.32 Å². The molecule has 1 saturated heterocycles. The highest BCUT2D eigenvalue weighted by molar-refractivity contribution is 6.20. The standard InChI is InChI=1S/C24H21N5O5/c1-14-12-28(13-15(2)34-14)24(31)20(11-25)21-18-8-3-4-9-19(18)22(26-21)27-23(30)16-6-5-7-17(10-16)29(32)33/h3-10,14-15H,12-13H2,1-2H3,(H,26,27,30)/b21-20-. The first-order valence-electron chi connectivity index (χ1n) is 10.6. The molecule has 2 aliphatic rings. The van der Waals surface area contributed by atoms with Crippen LogP contribution in [0.3, 0.4) is 0 Å². The molecular formula is C24H21N5O5. The van der Waals surface area contributed by atoms with Crippen LogP contribution in [0.1, 0.15) is 35.3 Å². The molecule has 2 aromatic carbocycles. The summed E-state index contributed by atoms with van der Waals surface area (Å²) >= 11 is 0. The SMILES string of the molecule is CC1CN(C(=O)/C(C#N)=C2\N=C(NC(=O)c3cccc([N+](=O)[O-])c3)c3ccccc32)CC(C)O1. The van der Waals surface area contributed by atoms with E-state index in [2.05, 4.69) is 10.3 Å². The van der Waals surface area contributed by atoms with Crippen LogP contribution in [-0.2, 0) is 9.53 Å². The molecule has 10 heteroatoms. The predicted molar refractivity (Wildman–Crippen MR) is 123 cm³/mol. The van der Waals surface area contributed by atoms with E-state index in [4.69, 9.17) is 4.74 Å². The molecule has 0 bridgehead atoms. The summed E-state index contributed by atoms with van der Waals surface area (Å²) in [6.45, 7) is 4.42. The number of nitro groups is 1. The van der Waals surface area contributed by atoms with Gasteiger partial charge in [-0.2, -0.15) is 5.26 Å². The minimum absolute atomic E-state index is 0.0830. The highest BCUT2D eigenvalue weighted by Gasteiger charge is 2.32. The average Bonchev–Trinajstić information content (AvgIpc) is 3.17. The molecule has 2 aromatic rings. The molecular weight excluding hydrogens is 438 g/mol. The van der Waals surface area contributed by atoms with E-state index in [0.29, 0.717) is 24.2 Å². The zero-order chi connectivity index (χ0) is 24.4. The number of rotatable bonds is 3. The molecule has 2 heterocycles. The largest absolute Gasteiger partial charge is 0.372 e. The molecule has 0 aromatic heterocycles. The van der Waals surface area contributed by atoms with Crippen LogP contribution in [0.4, 0.5) is 5.69 Å². The second kappa shape index (κ2) is 9.25. The predicted octanol–water partition coefficient (Wildman–Crippen LogP) is 2.66. The van der Waals surface area contributed by atoms with E-state index < -0.39 is 16.7 Å². The zero-order valence-electron chi connectivity index (χ0n) is 18.5. The van der Waals surface area contributed by atoms with Crippen LogP contribution in [0.25, 0.3) is 5.70 Å².